The fourth-order valence-corrected chi connectivity index (χ4v) is 6.90. The van der Waals surface area contributed by atoms with Crippen LogP contribution in [0.5, 0.6) is 5.75 Å². The molecule has 5 rings (SSSR count). The number of aromatic nitrogens is 2. The van der Waals surface area contributed by atoms with Gasteiger partial charge in [0.1, 0.15) is 10.6 Å². The van der Waals surface area contributed by atoms with E-state index in [1.807, 2.05) is 24.3 Å². The monoisotopic (exact) mass is 584 g/mol. The third-order valence-electron chi connectivity index (χ3n) is 6.69. The van der Waals surface area contributed by atoms with Crippen molar-refractivity contribution in [2.75, 3.05) is 33.4 Å². The topological polar surface area (TPSA) is 129 Å². The molecule has 1 N–H and O–H groups in total. The van der Waals surface area contributed by atoms with E-state index in [1.165, 1.54) is 27.1 Å². The van der Waals surface area contributed by atoms with Crippen molar-refractivity contribution in [2.24, 2.45) is 7.05 Å². The zero-order chi connectivity index (χ0) is 28.4. The van der Waals surface area contributed by atoms with Gasteiger partial charge in [-0.25, -0.2) is 13.2 Å². The summed E-state index contributed by atoms with van der Waals surface area (Å²) in [5.74, 6) is 0.317. The van der Waals surface area contributed by atoms with E-state index < -0.39 is 21.3 Å². The number of morpholine rings is 1. The highest BCUT2D eigenvalue weighted by molar-refractivity contribution is 7.89. The molecule has 11 nitrogen and oxygen atoms in total. The Balaban J connectivity index is 1.37. The molecule has 1 amide bonds. The first-order valence-electron chi connectivity index (χ1n) is 12.5. The number of sulfonamides is 1. The van der Waals surface area contributed by atoms with Gasteiger partial charge in [-0.05, 0) is 41.5 Å². The molecule has 1 aliphatic rings. The first-order valence-corrected chi connectivity index (χ1v) is 14.8. The summed E-state index contributed by atoms with van der Waals surface area (Å²) in [4.78, 5) is 40.1. The second kappa shape index (κ2) is 11.4. The van der Waals surface area contributed by atoms with Crippen LogP contribution in [0.1, 0.15) is 20.8 Å². The van der Waals surface area contributed by atoms with E-state index in [4.69, 9.17) is 9.47 Å². The van der Waals surface area contributed by atoms with Gasteiger partial charge >= 0.3 is 5.69 Å². The Morgan fingerprint density at radius 3 is 2.48 bits per heavy atom. The van der Waals surface area contributed by atoms with Gasteiger partial charge in [-0.2, -0.15) is 4.31 Å². The predicted molar refractivity (Wildman–Crippen MR) is 151 cm³/mol. The van der Waals surface area contributed by atoms with Gasteiger partial charge in [-0.3, -0.25) is 18.7 Å². The molecule has 2 aromatic heterocycles. The quantitative estimate of drug-likeness (QED) is 0.334. The molecule has 1 saturated heterocycles. The van der Waals surface area contributed by atoms with Gasteiger partial charge < -0.3 is 14.8 Å². The highest BCUT2D eigenvalue weighted by atomic mass is 32.2. The van der Waals surface area contributed by atoms with Crippen LogP contribution in [0.3, 0.4) is 0 Å². The molecule has 40 heavy (non-hydrogen) atoms. The summed E-state index contributed by atoms with van der Waals surface area (Å²) in [5, 5.41) is 3.09. The molecule has 0 bridgehead atoms. The summed E-state index contributed by atoms with van der Waals surface area (Å²) in [6.45, 7) is 1.49. The second-order valence-electron chi connectivity index (χ2n) is 9.26. The van der Waals surface area contributed by atoms with Gasteiger partial charge in [0.2, 0.25) is 10.0 Å². The van der Waals surface area contributed by atoms with Crippen molar-refractivity contribution >= 4 is 37.5 Å². The number of hydrogen-bond acceptors (Lipinski definition) is 8. The molecular weight excluding hydrogens is 556 g/mol. The molecule has 210 valence electrons. The van der Waals surface area contributed by atoms with Gasteiger partial charge in [0, 0.05) is 26.7 Å². The fourth-order valence-electron chi connectivity index (χ4n) is 4.47. The van der Waals surface area contributed by atoms with Crippen molar-refractivity contribution in [3.05, 3.63) is 91.4 Å². The third-order valence-corrected chi connectivity index (χ3v) is 9.82. The van der Waals surface area contributed by atoms with Crippen molar-refractivity contribution in [3.63, 3.8) is 0 Å². The summed E-state index contributed by atoms with van der Waals surface area (Å²) >= 11 is 1.07. The van der Waals surface area contributed by atoms with Crippen molar-refractivity contribution in [2.45, 2.75) is 18.0 Å². The number of rotatable bonds is 8. The molecule has 3 heterocycles. The number of nitrogens with one attached hydrogen (secondary N) is 1. The van der Waals surface area contributed by atoms with E-state index in [2.05, 4.69) is 5.32 Å². The van der Waals surface area contributed by atoms with E-state index in [1.54, 1.807) is 26.3 Å². The summed E-state index contributed by atoms with van der Waals surface area (Å²) in [6, 6.07) is 14.9. The van der Waals surface area contributed by atoms with E-state index in [9.17, 15) is 22.8 Å². The number of carbonyl (C=O) groups is 1. The van der Waals surface area contributed by atoms with Crippen LogP contribution < -0.4 is 21.3 Å². The lowest BCUT2D eigenvalue weighted by atomic mass is 10.2. The molecule has 0 atom stereocenters. The Hall–Kier alpha value is -3.78. The number of carbonyl (C=O) groups excluding carboxylic acids is 1. The molecule has 4 aromatic rings. The second-order valence-corrected chi connectivity index (χ2v) is 12.2. The van der Waals surface area contributed by atoms with Gasteiger partial charge in [-0.1, -0.05) is 24.3 Å². The van der Waals surface area contributed by atoms with E-state index in [0.717, 1.165) is 21.5 Å². The fraction of sp³-hybridized carbons (Fsp3) is 0.296. The molecule has 2 aromatic carbocycles. The SMILES string of the molecule is COc1cccc(CNC(=O)c2cc3c(=O)n(Cc4ccc(S(=O)(=O)N5CCOCC5)cc4)c(=O)n(C)c3s2)c1. The molecule has 0 unspecified atom stereocenters. The molecule has 1 aliphatic heterocycles. The Morgan fingerprint density at radius 1 is 1.05 bits per heavy atom. The van der Waals surface area contributed by atoms with Crippen LogP contribution in [0.25, 0.3) is 10.2 Å². The van der Waals surface area contributed by atoms with Gasteiger partial charge in [-0.15, -0.1) is 11.3 Å². The average Bonchev–Trinajstić information content (AvgIpc) is 3.44. The van der Waals surface area contributed by atoms with Crippen molar-refractivity contribution in [3.8, 4) is 5.75 Å². The van der Waals surface area contributed by atoms with Crippen LogP contribution in [0.4, 0.5) is 0 Å². The number of amides is 1. The Morgan fingerprint density at radius 2 is 1.77 bits per heavy atom. The molecule has 0 radical (unpaired) electrons. The Labute approximate surface area is 234 Å². The molecule has 13 heteroatoms. The number of benzene rings is 2. The highest BCUT2D eigenvalue weighted by Crippen LogP contribution is 2.23. The number of ether oxygens (including phenoxy) is 2. The first-order chi connectivity index (χ1) is 19.2. The van der Waals surface area contributed by atoms with Crippen LogP contribution in [0.2, 0.25) is 0 Å². The molecule has 1 fully saturated rings. The lowest BCUT2D eigenvalue weighted by molar-refractivity contribution is 0.0730. The number of fused-ring (bicyclic) bond motifs is 1. The maximum absolute atomic E-state index is 13.3. The van der Waals surface area contributed by atoms with Gasteiger partial charge in [0.05, 0.1) is 42.0 Å². The zero-order valence-electron chi connectivity index (χ0n) is 22.0. The van der Waals surface area contributed by atoms with Crippen LogP contribution in [-0.2, 0) is 34.9 Å². The minimum Gasteiger partial charge on any atom is -0.497 e. The lowest BCUT2D eigenvalue weighted by Gasteiger charge is -2.26. The average molecular weight is 585 g/mol. The minimum absolute atomic E-state index is 0.0491. The Bertz CT molecular complexity index is 1780. The summed E-state index contributed by atoms with van der Waals surface area (Å²) in [7, 11) is -0.543. The predicted octanol–water partition coefficient (Wildman–Crippen LogP) is 1.77. The van der Waals surface area contributed by atoms with Gasteiger partial charge in [0.15, 0.2) is 0 Å². The normalized spacial score (nSPS) is 14.3. The molecular formula is C27H28N4O7S2. The largest absolute Gasteiger partial charge is 0.497 e. The minimum atomic E-state index is -3.66. The molecule has 0 spiro atoms. The highest BCUT2D eigenvalue weighted by Gasteiger charge is 2.26. The van der Waals surface area contributed by atoms with Crippen LogP contribution >= 0.6 is 11.3 Å². The van der Waals surface area contributed by atoms with Gasteiger partial charge in [0.25, 0.3) is 11.5 Å². The van der Waals surface area contributed by atoms with E-state index >= 15 is 0 Å². The van der Waals surface area contributed by atoms with Crippen LogP contribution in [0, 0.1) is 0 Å². The number of nitrogens with zero attached hydrogens (tertiary/aromatic N) is 3. The Kier molecular flexibility index (Phi) is 7.90. The number of thiophene rings is 1. The van der Waals surface area contributed by atoms with Crippen molar-refractivity contribution in [1.82, 2.24) is 18.8 Å². The third kappa shape index (κ3) is 5.45. The van der Waals surface area contributed by atoms with Crippen molar-refractivity contribution < 1.29 is 22.7 Å². The maximum atomic E-state index is 13.3. The van der Waals surface area contributed by atoms with Crippen LogP contribution in [-0.4, -0.2) is 61.2 Å². The number of hydrogen-bond donors (Lipinski definition) is 1. The zero-order valence-corrected chi connectivity index (χ0v) is 23.6. The summed E-state index contributed by atoms with van der Waals surface area (Å²) in [5.41, 5.74) is 0.386. The summed E-state index contributed by atoms with van der Waals surface area (Å²) < 4.78 is 40.0. The summed E-state index contributed by atoms with van der Waals surface area (Å²) in [6.07, 6.45) is 0. The smallest absolute Gasteiger partial charge is 0.332 e. The lowest BCUT2D eigenvalue weighted by Crippen LogP contribution is -2.40. The standard InChI is InChI=1S/C27H28N4O7S2/c1-29-26-22(15-23(39-26)24(32)28-16-19-4-3-5-20(14-19)37-2)25(33)31(27(29)34)17-18-6-8-21(9-7-18)40(35,36)30-10-12-38-13-11-30/h3-9,14-15H,10-13,16-17H2,1-2H3,(H,28,32). The van der Waals surface area contributed by atoms with E-state index in [-0.39, 0.29) is 42.4 Å². The first kappa shape index (κ1) is 27.8. The number of methoxy groups -OCH3 is 1. The maximum Gasteiger partial charge on any atom is 0.332 e. The molecule has 0 saturated carbocycles. The molecule has 0 aliphatic carbocycles. The van der Waals surface area contributed by atoms with E-state index in [0.29, 0.717) is 34.2 Å². The van der Waals surface area contributed by atoms with Crippen molar-refractivity contribution in [1.29, 1.82) is 0 Å². The number of aryl methyl sites for hydroxylation is 1. The van der Waals surface area contributed by atoms with Crippen LogP contribution in [0.15, 0.2) is 69.1 Å².